The Bertz CT molecular complexity index is 687. The van der Waals surface area contributed by atoms with Crippen LogP contribution in [-0.4, -0.2) is 54.0 Å². The van der Waals surface area contributed by atoms with E-state index in [1.807, 2.05) is 58.3 Å². The number of aromatic nitrogens is 2. The molecule has 2 N–H and O–H groups in total. The van der Waals surface area contributed by atoms with Crippen molar-refractivity contribution >= 4 is 11.7 Å². The van der Waals surface area contributed by atoms with Gasteiger partial charge in [-0.15, -0.1) is 0 Å². The topological polar surface area (TPSA) is 70.2 Å². The van der Waals surface area contributed by atoms with Crippen molar-refractivity contribution in [1.82, 2.24) is 20.2 Å². The highest BCUT2D eigenvalue weighted by Crippen LogP contribution is 2.18. The summed E-state index contributed by atoms with van der Waals surface area (Å²) in [6.07, 6.45) is 0.871. The van der Waals surface area contributed by atoms with Crippen LogP contribution in [0.4, 0.5) is 5.82 Å². The predicted octanol–water partition coefficient (Wildman–Crippen LogP) is 2.65. The summed E-state index contributed by atoms with van der Waals surface area (Å²) in [6.45, 7) is 5.63. The molecule has 0 fully saturated rings. The molecule has 2 aromatic rings. The van der Waals surface area contributed by atoms with Crippen LogP contribution in [0.1, 0.15) is 30.8 Å². The number of amides is 1. The van der Waals surface area contributed by atoms with Crippen molar-refractivity contribution in [3.05, 3.63) is 42.1 Å². The molecule has 1 atom stereocenters. The van der Waals surface area contributed by atoms with E-state index < -0.39 is 0 Å². The highest BCUT2D eigenvalue weighted by molar-refractivity contribution is 5.93. The van der Waals surface area contributed by atoms with Crippen molar-refractivity contribution in [3.8, 4) is 11.4 Å². The van der Waals surface area contributed by atoms with E-state index in [2.05, 4.69) is 25.5 Å². The average Bonchev–Trinajstić information content (AvgIpc) is 2.61. The number of hydrogen-bond donors (Lipinski definition) is 2. The van der Waals surface area contributed by atoms with Crippen LogP contribution < -0.4 is 10.6 Å². The van der Waals surface area contributed by atoms with Crippen molar-refractivity contribution in [2.24, 2.45) is 0 Å². The van der Waals surface area contributed by atoms with Gasteiger partial charge in [0.05, 0.1) is 0 Å². The third-order valence-electron chi connectivity index (χ3n) is 3.85. The molecule has 0 radical (unpaired) electrons. The number of nitrogens with one attached hydrogen (secondary N) is 2. The van der Waals surface area contributed by atoms with E-state index in [1.54, 1.807) is 6.07 Å². The van der Waals surface area contributed by atoms with Crippen molar-refractivity contribution in [3.63, 3.8) is 0 Å². The predicted molar refractivity (Wildman–Crippen MR) is 102 cm³/mol. The molecule has 0 aliphatic rings. The lowest BCUT2D eigenvalue weighted by Gasteiger charge is -2.14. The number of hydrogen-bond acceptors (Lipinski definition) is 5. The first-order chi connectivity index (χ1) is 12.0. The van der Waals surface area contributed by atoms with Gasteiger partial charge in [-0.05, 0) is 27.4 Å². The van der Waals surface area contributed by atoms with Gasteiger partial charge in [-0.25, -0.2) is 9.97 Å². The second kappa shape index (κ2) is 9.13. The Kier molecular flexibility index (Phi) is 6.89. The molecule has 25 heavy (non-hydrogen) atoms. The maximum Gasteiger partial charge on any atom is 0.270 e. The molecule has 1 amide bonds. The minimum Gasteiger partial charge on any atom is -0.369 e. The van der Waals surface area contributed by atoms with Gasteiger partial charge in [0.1, 0.15) is 11.5 Å². The van der Waals surface area contributed by atoms with Crippen molar-refractivity contribution in [1.29, 1.82) is 0 Å². The molecule has 6 heteroatoms. The number of carbonyl (C=O) groups is 1. The maximum atomic E-state index is 12.5. The van der Waals surface area contributed by atoms with Gasteiger partial charge in [-0.2, -0.15) is 0 Å². The first-order valence-corrected chi connectivity index (χ1v) is 8.63. The number of anilines is 1. The van der Waals surface area contributed by atoms with Gasteiger partial charge in [0, 0.05) is 30.8 Å². The van der Waals surface area contributed by atoms with E-state index in [4.69, 9.17) is 0 Å². The molecule has 1 heterocycles. The third kappa shape index (κ3) is 5.83. The van der Waals surface area contributed by atoms with Crippen LogP contribution in [0.2, 0.25) is 0 Å². The molecular weight excluding hydrogens is 314 g/mol. The fraction of sp³-hybridized carbons (Fsp3) is 0.421. The minimum atomic E-state index is -0.176. The molecule has 0 saturated carbocycles. The Hall–Kier alpha value is -2.47. The number of rotatable bonds is 8. The highest BCUT2D eigenvalue weighted by atomic mass is 16.1. The Morgan fingerprint density at radius 3 is 2.56 bits per heavy atom. The van der Waals surface area contributed by atoms with Gasteiger partial charge >= 0.3 is 0 Å². The first-order valence-electron chi connectivity index (χ1n) is 8.63. The Balaban J connectivity index is 2.29. The summed E-state index contributed by atoms with van der Waals surface area (Å²) in [5.74, 6) is 1.03. The van der Waals surface area contributed by atoms with Gasteiger partial charge in [-0.3, -0.25) is 4.79 Å². The molecule has 0 spiro atoms. The van der Waals surface area contributed by atoms with Crippen LogP contribution in [-0.2, 0) is 0 Å². The normalized spacial score (nSPS) is 12.0. The van der Waals surface area contributed by atoms with E-state index in [9.17, 15) is 4.79 Å². The van der Waals surface area contributed by atoms with Gasteiger partial charge in [0.25, 0.3) is 5.91 Å². The second-order valence-electron chi connectivity index (χ2n) is 6.34. The van der Waals surface area contributed by atoms with Gasteiger partial charge in [-0.1, -0.05) is 37.3 Å². The van der Waals surface area contributed by atoms with Crippen molar-refractivity contribution in [2.75, 3.05) is 32.5 Å². The fourth-order valence-electron chi connectivity index (χ4n) is 2.18. The molecular formula is C19H27N5O. The zero-order chi connectivity index (χ0) is 18.2. The highest BCUT2D eigenvalue weighted by Gasteiger charge is 2.14. The standard InChI is InChI=1S/C19H27N5O/c1-5-14(2)21-19(25)16-13-17(20-11-12-24(3)4)23-18(22-16)15-9-7-6-8-10-15/h6-10,13-14H,5,11-12H2,1-4H3,(H,21,25)(H,20,22,23). The number of carbonyl (C=O) groups excluding carboxylic acids is 1. The summed E-state index contributed by atoms with van der Waals surface area (Å²) >= 11 is 0. The molecule has 2 rings (SSSR count). The third-order valence-corrected chi connectivity index (χ3v) is 3.85. The Morgan fingerprint density at radius 1 is 1.20 bits per heavy atom. The minimum absolute atomic E-state index is 0.104. The van der Waals surface area contributed by atoms with E-state index in [-0.39, 0.29) is 11.9 Å². The number of benzene rings is 1. The summed E-state index contributed by atoms with van der Waals surface area (Å²) in [7, 11) is 4.03. The second-order valence-corrected chi connectivity index (χ2v) is 6.34. The summed E-state index contributed by atoms with van der Waals surface area (Å²) in [6, 6.07) is 11.5. The molecule has 1 aromatic carbocycles. The maximum absolute atomic E-state index is 12.5. The first kappa shape index (κ1) is 18.9. The van der Waals surface area contributed by atoms with Crippen molar-refractivity contribution in [2.45, 2.75) is 26.3 Å². The van der Waals surface area contributed by atoms with E-state index in [1.165, 1.54) is 0 Å². The van der Waals surface area contributed by atoms with Crippen LogP contribution in [0.25, 0.3) is 11.4 Å². The summed E-state index contributed by atoms with van der Waals surface area (Å²) in [5, 5.41) is 6.24. The van der Waals surface area contributed by atoms with E-state index in [0.29, 0.717) is 17.3 Å². The average molecular weight is 341 g/mol. The quantitative estimate of drug-likeness (QED) is 0.772. The monoisotopic (exact) mass is 341 g/mol. The molecule has 1 unspecified atom stereocenters. The molecule has 0 aliphatic carbocycles. The molecule has 6 nitrogen and oxygen atoms in total. The SMILES string of the molecule is CCC(C)NC(=O)c1cc(NCCN(C)C)nc(-c2ccccc2)n1. The molecule has 0 aliphatic heterocycles. The van der Waals surface area contributed by atoms with E-state index >= 15 is 0 Å². The zero-order valence-corrected chi connectivity index (χ0v) is 15.4. The van der Waals surface area contributed by atoms with E-state index in [0.717, 1.165) is 25.1 Å². The lowest BCUT2D eigenvalue weighted by molar-refractivity contribution is 0.0934. The van der Waals surface area contributed by atoms with Gasteiger partial charge in [0.2, 0.25) is 0 Å². The fourth-order valence-corrected chi connectivity index (χ4v) is 2.18. The lowest BCUT2D eigenvalue weighted by atomic mass is 10.2. The van der Waals surface area contributed by atoms with Gasteiger partial charge < -0.3 is 15.5 Å². The smallest absolute Gasteiger partial charge is 0.270 e. The van der Waals surface area contributed by atoms with Crippen molar-refractivity contribution < 1.29 is 4.79 Å². The largest absolute Gasteiger partial charge is 0.369 e. The number of nitrogens with zero attached hydrogens (tertiary/aromatic N) is 3. The van der Waals surface area contributed by atoms with Crippen LogP contribution in [0, 0.1) is 0 Å². The summed E-state index contributed by atoms with van der Waals surface area (Å²) in [5.41, 5.74) is 1.26. The van der Waals surface area contributed by atoms with Crippen LogP contribution in [0.5, 0.6) is 0 Å². The molecule has 0 saturated heterocycles. The van der Waals surface area contributed by atoms with Crippen LogP contribution in [0.15, 0.2) is 36.4 Å². The lowest BCUT2D eigenvalue weighted by Crippen LogP contribution is -2.32. The molecule has 0 bridgehead atoms. The Morgan fingerprint density at radius 2 is 1.92 bits per heavy atom. The summed E-state index contributed by atoms with van der Waals surface area (Å²) in [4.78, 5) is 23.6. The number of likely N-dealkylation sites (N-methyl/N-ethyl adjacent to an activating group) is 1. The molecule has 134 valence electrons. The zero-order valence-electron chi connectivity index (χ0n) is 15.4. The van der Waals surface area contributed by atoms with Crippen LogP contribution in [0.3, 0.4) is 0 Å². The molecule has 1 aromatic heterocycles. The van der Waals surface area contributed by atoms with Crippen LogP contribution >= 0.6 is 0 Å². The summed E-state index contributed by atoms with van der Waals surface area (Å²) < 4.78 is 0. The van der Waals surface area contributed by atoms with Gasteiger partial charge in [0.15, 0.2) is 5.82 Å². The Labute approximate surface area is 149 Å².